The van der Waals surface area contributed by atoms with Gasteiger partial charge in [-0.3, -0.25) is 19.7 Å². The summed E-state index contributed by atoms with van der Waals surface area (Å²) >= 11 is 0. The number of aromatic nitrogens is 2. The van der Waals surface area contributed by atoms with Gasteiger partial charge < -0.3 is 14.8 Å². The first-order valence-electron chi connectivity index (χ1n) is 10.1. The Balaban J connectivity index is 1.31. The van der Waals surface area contributed by atoms with Crippen molar-refractivity contribution in [2.24, 2.45) is 0 Å². The molecule has 2 aliphatic rings. The van der Waals surface area contributed by atoms with Crippen molar-refractivity contribution in [3.8, 4) is 0 Å². The third-order valence-corrected chi connectivity index (χ3v) is 5.50. The average Bonchev–Trinajstić information content (AvgIpc) is 3.10. The molecule has 29 heavy (non-hydrogen) atoms. The summed E-state index contributed by atoms with van der Waals surface area (Å²) in [5.74, 6) is -0.0762. The maximum atomic E-state index is 12.6. The van der Waals surface area contributed by atoms with Crippen molar-refractivity contribution in [3.63, 3.8) is 0 Å². The predicted molar refractivity (Wildman–Crippen MR) is 108 cm³/mol. The molecule has 0 radical (unpaired) electrons. The molecule has 7 heteroatoms. The second-order valence-electron chi connectivity index (χ2n) is 8.10. The molecule has 2 saturated heterocycles. The van der Waals surface area contributed by atoms with Crippen molar-refractivity contribution < 1.29 is 14.3 Å². The van der Waals surface area contributed by atoms with Crippen LogP contribution in [0.4, 0.5) is 0 Å². The Morgan fingerprint density at radius 1 is 1.28 bits per heavy atom. The number of amides is 1. The van der Waals surface area contributed by atoms with Gasteiger partial charge in [-0.25, -0.2) is 0 Å². The molecule has 0 saturated carbocycles. The van der Waals surface area contributed by atoms with Crippen LogP contribution in [-0.2, 0) is 27.4 Å². The van der Waals surface area contributed by atoms with E-state index >= 15 is 0 Å². The Morgan fingerprint density at radius 2 is 2.10 bits per heavy atom. The molecule has 2 fully saturated rings. The topological polar surface area (TPSA) is 76.6 Å². The Hall–Kier alpha value is -2.35. The maximum Gasteiger partial charge on any atom is 0.249 e. The highest BCUT2D eigenvalue weighted by Gasteiger charge is 2.46. The fraction of sp³-hybridized carbons (Fsp3) is 0.500. The van der Waals surface area contributed by atoms with Gasteiger partial charge in [-0.15, -0.1) is 0 Å². The molecule has 1 aromatic carbocycles. The minimum absolute atomic E-state index is 0.0762. The predicted octanol–water partition coefficient (Wildman–Crippen LogP) is 1.77. The summed E-state index contributed by atoms with van der Waals surface area (Å²) < 4.78 is 11.9. The van der Waals surface area contributed by atoms with Crippen molar-refractivity contribution in [1.82, 2.24) is 20.2 Å². The molecule has 1 spiro atoms. The summed E-state index contributed by atoms with van der Waals surface area (Å²) in [6, 6.07) is 8.16. The quantitative estimate of drug-likeness (QED) is 0.830. The molecule has 1 amide bonds. The van der Waals surface area contributed by atoms with Gasteiger partial charge in [0, 0.05) is 45.0 Å². The number of ether oxygens (including phenoxy) is 2. The molecule has 4 rings (SSSR count). The standard InChI is InChI=1S/C22H28N4O3/c1-16-3-5-18(6-4-16)11-24-21(27)20-9-22(15-28-20)14-26(7-8-29-22)13-19-12-23-10-17(2)25-19/h3-6,10,12,20H,7-9,11,13-15H2,1-2H3,(H,24,27). The number of nitrogens with one attached hydrogen (secondary N) is 1. The fourth-order valence-corrected chi connectivity index (χ4v) is 3.98. The van der Waals surface area contributed by atoms with Gasteiger partial charge >= 0.3 is 0 Å². The van der Waals surface area contributed by atoms with Gasteiger partial charge in [-0.1, -0.05) is 29.8 Å². The summed E-state index contributed by atoms with van der Waals surface area (Å²) in [6.07, 6.45) is 3.67. The fourth-order valence-electron chi connectivity index (χ4n) is 3.98. The number of carbonyl (C=O) groups is 1. The number of morpholine rings is 1. The minimum atomic E-state index is -0.473. The number of hydrogen-bond donors (Lipinski definition) is 1. The first-order chi connectivity index (χ1) is 14.0. The Labute approximate surface area is 171 Å². The molecule has 0 aliphatic carbocycles. The second kappa shape index (κ2) is 8.57. The lowest BCUT2D eigenvalue weighted by atomic mass is 9.97. The van der Waals surface area contributed by atoms with Crippen molar-refractivity contribution in [2.45, 2.75) is 45.1 Å². The summed E-state index contributed by atoms with van der Waals surface area (Å²) in [6.45, 7) is 7.85. The highest BCUT2D eigenvalue weighted by molar-refractivity contribution is 5.81. The number of hydrogen-bond acceptors (Lipinski definition) is 6. The van der Waals surface area contributed by atoms with Crippen LogP contribution < -0.4 is 5.32 Å². The van der Waals surface area contributed by atoms with E-state index in [0.717, 1.165) is 36.6 Å². The van der Waals surface area contributed by atoms with Crippen LogP contribution in [0.2, 0.25) is 0 Å². The van der Waals surface area contributed by atoms with Gasteiger partial charge in [0.05, 0.1) is 24.6 Å². The zero-order valence-corrected chi connectivity index (χ0v) is 17.1. The maximum absolute atomic E-state index is 12.6. The van der Waals surface area contributed by atoms with Crippen LogP contribution in [0.1, 0.15) is 28.9 Å². The lowest BCUT2D eigenvalue weighted by Crippen LogP contribution is -2.52. The zero-order chi connectivity index (χ0) is 20.3. The summed E-state index contributed by atoms with van der Waals surface area (Å²) in [7, 11) is 0. The van der Waals surface area contributed by atoms with Crippen molar-refractivity contribution in [2.75, 3.05) is 26.3 Å². The number of aryl methyl sites for hydroxylation is 2. The third kappa shape index (κ3) is 4.98. The van der Waals surface area contributed by atoms with Crippen LogP contribution in [0.5, 0.6) is 0 Å². The molecule has 2 aromatic rings. The van der Waals surface area contributed by atoms with Gasteiger partial charge in [0.1, 0.15) is 11.7 Å². The Bertz CT molecular complexity index is 857. The van der Waals surface area contributed by atoms with Crippen LogP contribution in [0.3, 0.4) is 0 Å². The van der Waals surface area contributed by atoms with Crippen molar-refractivity contribution in [1.29, 1.82) is 0 Å². The largest absolute Gasteiger partial charge is 0.370 e. The molecule has 3 heterocycles. The molecule has 154 valence electrons. The highest BCUT2D eigenvalue weighted by Crippen LogP contribution is 2.32. The molecular formula is C22H28N4O3. The number of carbonyl (C=O) groups excluding carboxylic acids is 1. The minimum Gasteiger partial charge on any atom is -0.370 e. The second-order valence-corrected chi connectivity index (χ2v) is 8.10. The third-order valence-electron chi connectivity index (χ3n) is 5.50. The Kier molecular flexibility index (Phi) is 5.89. The van der Waals surface area contributed by atoms with Crippen LogP contribution >= 0.6 is 0 Å². The first kappa shape index (κ1) is 19.9. The van der Waals surface area contributed by atoms with E-state index in [1.807, 2.05) is 44.3 Å². The average molecular weight is 396 g/mol. The van der Waals surface area contributed by atoms with E-state index < -0.39 is 11.7 Å². The van der Waals surface area contributed by atoms with Gasteiger partial charge in [0.25, 0.3) is 0 Å². The zero-order valence-electron chi connectivity index (χ0n) is 17.1. The summed E-state index contributed by atoms with van der Waals surface area (Å²) in [5, 5.41) is 2.99. The Morgan fingerprint density at radius 3 is 2.90 bits per heavy atom. The number of nitrogens with zero attached hydrogens (tertiary/aromatic N) is 3. The molecule has 0 bridgehead atoms. The van der Waals surface area contributed by atoms with E-state index in [1.54, 1.807) is 6.20 Å². The van der Waals surface area contributed by atoms with E-state index in [0.29, 0.717) is 26.2 Å². The molecule has 2 aliphatic heterocycles. The van der Waals surface area contributed by atoms with Gasteiger partial charge in [0.2, 0.25) is 5.91 Å². The monoisotopic (exact) mass is 396 g/mol. The van der Waals surface area contributed by atoms with Crippen LogP contribution in [0, 0.1) is 13.8 Å². The summed E-state index contributed by atoms with van der Waals surface area (Å²) in [5.41, 5.74) is 3.72. The van der Waals surface area contributed by atoms with Crippen LogP contribution in [0.15, 0.2) is 36.7 Å². The normalized spacial score (nSPS) is 24.7. The van der Waals surface area contributed by atoms with Crippen LogP contribution in [-0.4, -0.2) is 58.8 Å². The molecule has 2 unspecified atom stereocenters. The lowest BCUT2D eigenvalue weighted by Gasteiger charge is -2.39. The van der Waals surface area contributed by atoms with E-state index in [4.69, 9.17) is 9.47 Å². The number of benzene rings is 1. The highest BCUT2D eigenvalue weighted by atomic mass is 16.6. The summed E-state index contributed by atoms with van der Waals surface area (Å²) in [4.78, 5) is 23.7. The van der Waals surface area contributed by atoms with Crippen LogP contribution in [0.25, 0.3) is 0 Å². The van der Waals surface area contributed by atoms with Crippen molar-refractivity contribution >= 4 is 5.91 Å². The van der Waals surface area contributed by atoms with E-state index in [1.165, 1.54) is 5.56 Å². The first-order valence-corrected chi connectivity index (χ1v) is 10.1. The van der Waals surface area contributed by atoms with Gasteiger partial charge in [-0.2, -0.15) is 0 Å². The SMILES string of the molecule is Cc1ccc(CNC(=O)C2CC3(CO2)CN(Cc2cncc(C)n2)CCO3)cc1. The molecule has 2 atom stereocenters. The number of rotatable bonds is 5. The molecule has 7 nitrogen and oxygen atoms in total. The smallest absolute Gasteiger partial charge is 0.249 e. The lowest BCUT2D eigenvalue weighted by molar-refractivity contribution is -0.130. The molecular weight excluding hydrogens is 368 g/mol. The van der Waals surface area contributed by atoms with Gasteiger partial charge in [0.15, 0.2) is 0 Å². The molecule has 1 aromatic heterocycles. The van der Waals surface area contributed by atoms with E-state index in [2.05, 4.69) is 20.2 Å². The van der Waals surface area contributed by atoms with E-state index in [-0.39, 0.29) is 5.91 Å². The van der Waals surface area contributed by atoms with Crippen molar-refractivity contribution in [3.05, 3.63) is 59.2 Å². The molecule has 1 N–H and O–H groups in total. The van der Waals surface area contributed by atoms with Gasteiger partial charge in [-0.05, 0) is 19.4 Å². The van der Waals surface area contributed by atoms with E-state index in [9.17, 15) is 4.79 Å².